The van der Waals surface area contributed by atoms with Crippen molar-refractivity contribution in [3.05, 3.63) is 16.1 Å². The number of hydrogen-bond donors (Lipinski definition) is 1. The number of nitrogens with zero attached hydrogens (tertiary/aromatic N) is 2. The molecule has 136 valence electrons. The van der Waals surface area contributed by atoms with Crippen molar-refractivity contribution >= 4 is 36.2 Å². The Morgan fingerprint density at radius 1 is 1.39 bits per heavy atom. The second-order valence-electron chi connectivity index (χ2n) is 5.89. The van der Waals surface area contributed by atoms with Crippen molar-refractivity contribution in [2.24, 2.45) is 5.92 Å². The Labute approximate surface area is 157 Å². The van der Waals surface area contributed by atoms with Crippen LogP contribution in [0, 0.1) is 5.92 Å². The Morgan fingerprint density at radius 3 is 2.70 bits per heavy atom. The Kier molecular flexibility index (Phi) is 12.5. The Hall–Kier alpha value is 0.0900. The van der Waals surface area contributed by atoms with Crippen LogP contribution >= 0.6 is 36.2 Å². The van der Waals surface area contributed by atoms with Crippen LogP contribution in [0.25, 0.3) is 0 Å². The highest BCUT2D eigenvalue weighted by molar-refractivity contribution is 7.09. The zero-order valence-electron chi connectivity index (χ0n) is 14.4. The highest BCUT2D eigenvalue weighted by atomic mass is 35.5. The molecule has 2 rings (SSSR count). The lowest BCUT2D eigenvalue weighted by atomic mass is 9.93. The minimum Gasteiger partial charge on any atom is -0.372 e. The van der Waals surface area contributed by atoms with Gasteiger partial charge in [0.25, 0.3) is 0 Å². The molecule has 1 aromatic rings. The van der Waals surface area contributed by atoms with Gasteiger partial charge >= 0.3 is 0 Å². The van der Waals surface area contributed by atoms with Crippen LogP contribution in [0.2, 0.25) is 0 Å². The molecular weight excluding hydrogens is 353 g/mol. The molecule has 0 bridgehead atoms. The largest absolute Gasteiger partial charge is 0.372 e. The van der Waals surface area contributed by atoms with Crippen LogP contribution in [0.1, 0.15) is 49.9 Å². The highest BCUT2D eigenvalue weighted by Gasteiger charge is 2.20. The van der Waals surface area contributed by atoms with Crippen LogP contribution in [-0.2, 0) is 11.3 Å². The average Bonchev–Trinajstić information content (AvgIpc) is 2.95. The number of piperidine rings is 1. The number of aromatic nitrogens is 1. The van der Waals surface area contributed by atoms with E-state index in [2.05, 4.69) is 22.5 Å². The van der Waals surface area contributed by atoms with Crippen LogP contribution in [-0.4, -0.2) is 43.2 Å². The van der Waals surface area contributed by atoms with E-state index < -0.39 is 0 Å². The summed E-state index contributed by atoms with van der Waals surface area (Å²) in [4.78, 5) is 7.28. The lowest BCUT2D eigenvalue weighted by Crippen LogP contribution is -2.34. The molecule has 1 saturated heterocycles. The molecule has 1 atom stereocenters. The first-order chi connectivity index (χ1) is 10.2. The third-order valence-corrected chi connectivity index (χ3v) is 5.28. The second kappa shape index (κ2) is 12.5. The molecule has 4 nitrogen and oxygen atoms in total. The van der Waals surface area contributed by atoms with Gasteiger partial charge in [0.15, 0.2) is 0 Å². The molecule has 0 saturated carbocycles. The number of ether oxygens (including phenoxy) is 1. The standard InChI is InChI=1S/C16H29N3OS.2ClH/c1-4-20-13(2)16-18-15(12-21-16)11-19-9-6-14(7-10-19)5-8-17-3;;/h12-14,17H,4-11H2,1-3H3;2*1H. The van der Waals surface area contributed by atoms with Gasteiger partial charge in [-0.25, -0.2) is 4.98 Å². The van der Waals surface area contributed by atoms with Crippen molar-refractivity contribution in [3.63, 3.8) is 0 Å². The van der Waals surface area contributed by atoms with E-state index >= 15 is 0 Å². The third-order valence-electron chi connectivity index (χ3n) is 4.23. The summed E-state index contributed by atoms with van der Waals surface area (Å²) in [7, 11) is 2.04. The van der Waals surface area contributed by atoms with Gasteiger partial charge in [0.1, 0.15) is 11.1 Å². The van der Waals surface area contributed by atoms with Crippen molar-refractivity contribution in [1.29, 1.82) is 0 Å². The van der Waals surface area contributed by atoms with Crippen molar-refractivity contribution < 1.29 is 4.74 Å². The predicted octanol–water partition coefficient (Wildman–Crippen LogP) is 3.91. The molecule has 0 aromatic carbocycles. The molecule has 1 aliphatic rings. The van der Waals surface area contributed by atoms with Crippen LogP contribution in [0.15, 0.2) is 5.38 Å². The maximum Gasteiger partial charge on any atom is 0.122 e. The third kappa shape index (κ3) is 7.67. The summed E-state index contributed by atoms with van der Waals surface area (Å²) in [6.07, 6.45) is 4.10. The molecule has 1 fully saturated rings. The van der Waals surface area contributed by atoms with Crippen LogP contribution in [0.4, 0.5) is 0 Å². The molecule has 1 unspecified atom stereocenters. The quantitative estimate of drug-likeness (QED) is 0.738. The fourth-order valence-corrected chi connectivity index (χ4v) is 3.73. The SMILES string of the molecule is CCOC(C)c1nc(CN2CCC(CCNC)CC2)cs1.Cl.Cl. The molecule has 23 heavy (non-hydrogen) atoms. The number of likely N-dealkylation sites (tertiary alicyclic amines) is 1. The van der Waals surface area contributed by atoms with Gasteiger partial charge in [-0.1, -0.05) is 0 Å². The van der Waals surface area contributed by atoms with E-state index in [-0.39, 0.29) is 30.9 Å². The summed E-state index contributed by atoms with van der Waals surface area (Å²) in [5.41, 5.74) is 1.20. The van der Waals surface area contributed by atoms with Gasteiger partial charge in [-0.15, -0.1) is 36.2 Å². The molecule has 1 aromatic heterocycles. The molecule has 1 N–H and O–H groups in total. The van der Waals surface area contributed by atoms with E-state index in [1.807, 2.05) is 14.0 Å². The molecule has 0 amide bonds. The molecular formula is C16H31Cl2N3OS. The first-order valence-corrected chi connectivity index (χ1v) is 9.03. The summed E-state index contributed by atoms with van der Waals surface area (Å²) in [5.74, 6) is 0.901. The summed E-state index contributed by atoms with van der Waals surface area (Å²) in [6.45, 7) is 9.42. The van der Waals surface area contributed by atoms with Crippen molar-refractivity contribution in [1.82, 2.24) is 15.2 Å². The first kappa shape index (κ1) is 23.1. The minimum atomic E-state index is 0. The molecule has 1 aliphatic heterocycles. The zero-order chi connectivity index (χ0) is 15.1. The molecule has 0 spiro atoms. The number of thiazole rings is 1. The topological polar surface area (TPSA) is 37.4 Å². The monoisotopic (exact) mass is 383 g/mol. The van der Waals surface area contributed by atoms with Gasteiger partial charge in [-0.3, -0.25) is 4.90 Å². The smallest absolute Gasteiger partial charge is 0.122 e. The molecule has 7 heteroatoms. The molecule has 0 aliphatic carbocycles. The summed E-state index contributed by atoms with van der Waals surface area (Å²) >= 11 is 1.73. The van der Waals surface area contributed by atoms with Crippen LogP contribution < -0.4 is 5.32 Å². The lowest BCUT2D eigenvalue weighted by molar-refractivity contribution is 0.0759. The summed E-state index contributed by atoms with van der Waals surface area (Å²) in [6, 6.07) is 0. The van der Waals surface area contributed by atoms with E-state index in [1.165, 1.54) is 38.0 Å². The molecule has 2 heterocycles. The van der Waals surface area contributed by atoms with Gasteiger partial charge in [0.05, 0.1) is 5.69 Å². The van der Waals surface area contributed by atoms with E-state index in [9.17, 15) is 0 Å². The van der Waals surface area contributed by atoms with Gasteiger partial charge in [-0.05, 0) is 65.7 Å². The number of rotatable bonds is 8. The van der Waals surface area contributed by atoms with Crippen molar-refractivity contribution in [2.45, 2.75) is 45.8 Å². The normalized spacial score (nSPS) is 17.3. The maximum atomic E-state index is 5.61. The predicted molar refractivity (Wildman–Crippen MR) is 103 cm³/mol. The molecule has 0 radical (unpaired) electrons. The van der Waals surface area contributed by atoms with Crippen LogP contribution in [0.5, 0.6) is 0 Å². The second-order valence-corrected chi connectivity index (χ2v) is 6.78. The van der Waals surface area contributed by atoms with Gasteiger partial charge in [0, 0.05) is 18.5 Å². The van der Waals surface area contributed by atoms with E-state index in [1.54, 1.807) is 11.3 Å². The Morgan fingerprint density at radius 2 is 2.09 bits per heavy atom. The highest BCUT2D eigenvalue weighted by Crippen LogP contribution is 2.24. The van der Waals surface area contributed by atoms with Crippen LogP contribution in [0.3, 0.4) is 0 Å². The Bertz CT molecular complexity index is 412. The summed E-state index contributed by atoms with van der Waals surface area (Å²) in [5, 5.41) is 6.56. The number of halogens is 2. The fraction of sp³-hybridized carbons (Fsp3) is 0.812. The Balaban J connectivity index is 0.00000242. The summed E-state index contributed by atoms with van der Waals surface area (Å²) < 4.78 is 5.61. The van der Waals surface area contributed by atoms with Gasteiger partial charge in [0.2, 0.25) is 0 Å². The lowest BCUT2D eigenvalue weighted by Gasteiger charge is -2.31. The number of hydrogen-bond acceptors (Lipinski definition) is 5. The fourth-order valence-electron chi connectivity index (χ4n) is 2.91. The maximum absolute atomic E-state index is 5.61. The van der Waals surface area contributed by atoms with E-state index in [0.717, 1.165) is 30.6 Å². The zero-order valence-corrected chi connectivity index (χ0v) is 16.9. The van der Waals surface area contributed by atoms with Crippen molar-refractivity contribution in [3.8, 4) is 0 Å². The van der Waals surface area contributed by atoms with E-state index in [4.69, 9.17) is 9.72 Å². The number of nitrogens with one attached hydrogen (secondary N) is 1. The first-order valence-electron chi connectivity index (χ1n) is 8.15. The van der Waals surface area contributed by atoms with Gasteiger partial charge in [-0.2, -0.15) is 0 Å². The van der Waals surface area contributed by atoms with E-state index in [0.29, 0.717) is 0 Å². The average molecular weight is 384 g/mol. The van der Waals surface area contributed by atoms with Gasteiger partial charge < -0.3 is 10.1 Å². The minimum absolute atomic E-state index is 0. The van der Waals surface area contributed by atoms with Crippen molar-refractivity contribution in [2.75, 3.05) is 33.3 Å².